The van der Waals surface area contributed by atoms with Crippen LogP contribution < -0.4 is 4.90 Å². The molecule has 2 saturated heterocycles. The number of morpholine rings is 1. The number of ether oxygens (including phenoxy) is 1. The predicted molar refractivity (Wildman–Crippen MR) is 110 cm³/mol. The molecular formula is C20H27N3O2S. The molecule has 0 aromatic heterocycles. The molecule has 1 aromatic rings. The zero-order valence-corrected chi connectivity index (χ0v) is 16.8. The van der Waals surface area contributed by atoms with Gasteiger partial charge in [0.2, 0.25) is 0 Å². The van der Waals surface area contributed by atoms with E-state index < -0.39 is 0 Å². The molecule has 1 amide bonds. The monoisotopic (exact) mass is 373 g/mol. The number of thioether (sulfide) groups is 1. The van der Waals surface area contributed by atoms with E-state index in [1.165, 1.54) is 17.4 Å². The average molecular weight is 374 g/mol. The highest BCUT2D eigenvalue weighted by molar-refractivity contribution is 8.18. The van der Waals surface area contributed by atoms with E-state index in [1.807, 2.05) is 33.8 Å². The minimum Gasteiger partial charge on any atom is -0.378 e. The molecule has 5 nitrogen and oxygen atoms in total. The summed E-state index contributed by atoms with van der Waals surface area (Å²) in [6.45, 7) is 11.5. The third-order valence-electron chi connectivity index (χ3n) is 4.29. The van der Waals surface area contributed by atoms with Crippen LogP contribution in [0.3, 0.4) is 0 Å². The number of nitrogens with zero attached hydrogens (tertiary/aromatic N) is 3. The van der Waals surface area contributed by atoms with Gasteiger partial charge < -0.3 is 9.64 Å². The third-order valence-corrected chi connectivity index (χ3v) is 5.29. The fourth-order valence-corrected chi connectivity index (χ4v) is 4.24. The number of amides is 1. The van der Waals surface area contributed by atoms with Gasteiger partial charge in [-0.3, -0.25) is 14.7 Å². The van der Waals surface area contributed by atoms with E-state index in [9.17, 15) is 4.79 Å². The molecule has 0 saturated carbocycles. The molecule has 3 rings (SSSR count). The van der Waals surface area contributed by atoms with E-state index in [-0.39, 0.29) is 18.0 Å². The van der Waals surface area contributed by atoms with Gasteiger partial charge in [-0.1, -0.05) is 12.1 Å². The third kappa shape index (κ3) is 4.30. The maximum atomic E-state index is 12.8. The first-order chi connectivity index (χ1) is 12.5. The lowest BCUT2D eigenvalue weighted by Gasteiger charge is -2.28. The Labute approximate surface area is 160 Å². The first-order valence-electron chi connectivity index (χ1n) is 9.19. The fourth-order valence-electron chi connectivity index (χ4n) is 3.01. The number of rotatable bonds is 4. The van der Waals surface area contributed by atoms with E-state index in [4.69, 9.17) is 4.74 Å². The van der Waals surface area contributed by atoms with Gasteiger partial charge in [-0.15, -0.1) is 0 Å². The number of aliphatic imine (C=N–C) groups is 1. The van der Waals surface area contributed by atoms with Gasteiger partial charge in [0.05, 0.1) is 18.1 Å². The van der Waals surface area contributed by atoms with E-state index in [0.29, 0.717) is 0 Å². The molecule has 6 heteroatoms. The zero-order chi connectivity index (χ0) is 18.7. The van der Waals surface area contributed by atoms with Gasteiger partial charge in [0.25, 0.3) is 5.91 Å². The van der Waals surface area contributed by atoms with Crippen LogP contribution in [0.25, 0.3) is 6.08 Å². The van der Waals surface area contributed by atoms with Crippen LogP contribution in [-0.4, -0.2) is 54.4 Å². The summed E-state index contributed by atoms with van der Waals surface area (Å²) in [5, 5.41) is 0.802. The van der Waals surface area contributed by atoms with Crippen molar-refractivity contribution in [1.29, 1.82) is 0 Å². The van der Waals surface area contributed by atoms with Gasteiger partial charge in [-0.25, -0.2) is 0 Å². The SMILES string of the molecule is CC(C)N=C1S/C(=C/c2ccc(N3CCOCC3)cc2)C(=O)N1C(C)C. The maximum absolute atomic E-state index is 12.8. The molecule has 0 atom stereocenters. The minimum absolute atomic E-state index is 0.0432. The van der Waals surface area contributed by atoms with Crippen molar-refractivity contribution >= 4 is 34.6 Å². The molecule has 2 heterocycles. The van der Waals surface area contributed by atoms with Crippen molar-refractivity contribution in [3.8, 4) is 0 Å². The summed E-state index contributed by atoms with van der Waals surface area (Å²) in [5.41, 5.74) is 2.24. The topological polar surface area (TPSA) is 45.1 Å². The lowest BCUT2D eigenvalue weighted by atomic mass is 10.1. The Morgan fingerprint density at radius 3 is 2.35 bits per heavy atom. The molecule has 140 valence electrons. The highest BCUT2D eigenvalue weighted by Crippen LogP contribution is 2.34. The molecule has 0 bridgehead atoms. The Bertz CT molecular complexity index is 704. The van der Waals surface area contributed by atoms with Crippen molar-refractivity contribution in [2.45, 2.75) is 39.8 Å². The maximum Gasteiger partial charge on any atom is 0.266 e. The Balaban J connectivity index is 1.79. The summed E-state index contributed by atoms with van der Waals surface area (Å²) in [6.07, 6.45) is 1.97. The second kappa shape index (κ2) is 8.27. The molecule has 0 unspecified atom stereocenters. The average Bonchev–Trinajstić information content (AvgIpc) is 2.91. The van der Waals surface area contributed by atoms with Gasteiger partial charge >= 0.3 is 0 Å². The van der Waals surface area contributed by atoms with Crippen LogP contribution in [0.4, 0.5) is 5.69 Å². The first-order valence-corrected chi connectivity index (χ1v) is 10.0. The van der Waals surface area contributed by atoms with Crippen molar-refractivity contribution in [2.75, 3.05) is 31.2 Å². The number of amidine groups is 1. The quantitative estimate of drug-likeness (QED) is 0.757. The summed E-state index contributed by atoms with van der Waals surface area (Å²) in [5.74, 6) is 0.0432. The smallest absolute Gasteiger partial charge is 0.266 e. The molecule has 2 aliphatic rings. The summed E-state index contributed by atoms with van der Waals surface area (Å²) >= 11 is 1.47. The van der Waals surface area contributed by atoms with E-state index in [2.05, 4.69) is 34.2 Å². The predicted octanol–water partition coefficient (Wildman–Crippen LogP) is 3.61. The molecular weight excluding hydrogens is 346 g/mol. The van der Waals surface area contributed by atoms with Gasteiger partial charge in [0.1, 0.15) is 0 Å². The lowest BCUT2D eigenvalue weighted by Crippen LogP contribution is -2.36. The summed E-state index contributed by atoms with van der Waals surface area (Å²) < 4.78 is 5.40. The highest BCUT2D eigenvalue weighted by Gasteiger charge is 2.35. The van der Waals surface area contributed by atoms with E-state index in [0.717, 1.165) is 41.9 Å². The van der Waals surface area contributed by atoms with E-state index in [1.54, 1.807) is 4.90 Å². The molecule has 2 fully saturated rings. The second-order valence-electron chi connectivity index (χ2n) is 7.08. The van der Waals surface area contributed by atoms with Crippen molar-refractivity contribution < 1.29 is 9.53 Å². The number of anilines is 1. The van der Waals surface area contributed by atoms with Crippen LogP contribution in [0.15, 0.2) is 34.2 Å². The molecule has 2 aliphatic heterocycles. The van der Waals surface area contributed by atoms with Gasteiger partial charge in [-0.2, -0.15) is 0 Å². The normalized spacial score (nSPS) is 21.7. The number of hydrogen-bond donors (Lipinski definition) is 0. The Morgan fingerprint density at radius 1 is 1.12 bits per heavy atom. The Hall–Kier alpha value is -1.79. The summed E-state index contributed by atoms with van der Waals surface area (Å²) in [6, 6.07) is 8.64. The summed E-state index contributed by atoms with van der Waals surface area (Å²) in [7, 11) is 0. The lowest BCUT2D eigenvalue weighted by molar-refractivity contribution is -0.123. The number of carbonyl (C=O) groups excluding carboxylic acids is 1. The summed E-state index contributed by atoms with van der Waals surface area (Å²) in [4.78, 5) is 22.3. The van der Waals surface area contributed by atoms with Crippen LogP contribution in [0.5, 0.6) is 0 Å². The van der Waals surface area contributed by atoms with Crippen molar-refractivity contribution in [1.82, 2.24) is 4.90 Å². The van der Waals surface area contributed by atoms with Crippen LogP contribution in [0.2, 0.25) is 0 Å². The van der Waals surface area contributed by atoms with Crippen LogP contribution in [0, 0.1) is 0 Å². The number of carbonyl (C=O) groups is 1. The molecule has 1 aromatic carbocycles. The molecule has 0 N–H and O–H groups in total. The fraction of sp³-hybridized carbons (Fsp3) is 0.500. The molecule has 0 aliphatic carbocycles. The highest BCUT2D eigenvalue weighted by atomic mass is 32.2. The minimum atomic E-state index is 0.0432. The molecule has 26 heavy (non-hydrogen) atoms. The van der Waals surface area contributed by atoms with Crippen molar-refractivity contribution in [3.05, 3.63) is 34.7 Å². The first kappa shape index (κ1) is 19.0. The van der Waals surface area contributed by atoms with E-state index >= 15 is 0 Å². The standard InChI is InChI=1S/C20H27N3O2S/c1-14(2)21-20-23(15(3)4)19(24)18(26-20)13-16-5-7-17(8-6-16)22-9-11-25-12-10-22/h5-8,13-15H,9-12H2,1-4H3/b18-13+,21-20?. The second-order valence-corrected chi connectivity index (χ2v) is 8.09. The van der Waals surface area contributed by atoms with Gasteiger partial charge in [-0.05, 0) is 63.2 Å². The Kier molecular flexibility index (Phi) is 6.04. The molecule has 0 radical (unpaired) electrons. The molecule has 0 spiro atoms. The van der Waals surface area contributed by atoms with Crippen molar-refractivity contribution in [3.63, 3.8) is 0 Å². The van der Waals surface area contributed by atoms with Crippen molar-refractivity contribution in [2.24, 2.45) is 4.99 Å². The van der Waals surface area contributed by atoms with Crippen LogP contribution in [-0.2, 0) is 9.53 Å². The van der Waals surface area contributed by atoms with Crippen LogP contribution in [0.1, 0.15) is 33.3 Å². The number of hydrogen-bond acceptors (Lipinski definition) is 5. The number of benzene rings is 1. The zero-order valence-electron chi connectivity index (χ0n) is 15.9. The Morgan fingerprint density at radius 2 is 1.77 bits per heavy atom. The van der Waals surface area contributed by atoms with Gasteiger partial charge in [0, 0.05) is 30.9 Å². The van der Waals surface area contributed by atoms with Gasteiger partial charge in [0.15, 0.2) is 5.17 Å². The largest absolute Gasteiger partial charge is 0.378 e. The van der Waals surface area contributed by atoms with Crippen LogP contribution >= 0.6 is 11.8 Å².